The van der Waals surface area contributed by atoms with Crippen molar-refractivity contribution in [3.05, 3.63) is 29.8 Å². The topological polar surface area (TPSA) is 44.8 Å². The van der Waals surface area contributed by atoms with Gasteiger partial charge in [0.2, 0.25) is 0 Å². The number of nitrogens with zero attached hydrogens (tertiary/aromatic N) is 2. The summed E-state index contributed by atoms with van der Waals surface area (Å²) in [5, 5.41) is 1.95. The first kappa shape index (κ1) is 14.8. The van der Waals surface area contributed by atoms with Gasteiger partial charge in [0.05, 0.1) is 0 Å². The van der Waals surface area contributed by atoms with E-state index in [9.17, 15) is 4.79 Å². The number of hydrogen-bond acceptors (Lipinski definition) is 4. The van der Waals surface area contributed by atoms with Crippen LogP contribution in [0.3, 0.4) is 0 Å². The number of benzene rings is 1. The lowest BCUT2D eigenvalue weighted by Gasteiger charge is -2.32. The maximum atomic E-state index is 11.8. The van der Waals surface area contributed by atoms with Crippen LogP contribution in [0.2, 0.25) is 0 Å². The SMILES string of the molecule is CCc1ccc(OCC(=O)NN2CCN(C)CC2)cc1. The maximum absolute atomic E-state index is 11.8. The van der Waals surface area contributed by atoms with E-state index in [1.165, 1.54) is 5.56 Å². The summed E-state index contributed by atoms with van der Waals surface area (Å²) >= 11 is 0. The molecule has 0 aromatic heterocycles. The standard InChI is InChI=1S/C15H23N3O2/c1-3-13-4-6-14(7-5-13)20-12-15(19)16-18-10-8-17(2)9-11-18/h4-7H,3,8-12H2,1-2H3,(H,16,19). The molecule has 1 aliphatic heterocycles. The van der Waals surface area contributed by atoms with Gasteiger partial charge in [-0.25, -0.2) is 5.01 Å². The fourth-order valence-corrected chi connectivity index (χ4v) is 2.10. The van der Waals surface area contributed by atoms with Gasteiger partial charge in [0.1, 0.15) is 5.75 Å². The summed E-state index contributed by atoms with van der Waals surface area (Å²) in [6, 6.07) is 7.85. The number of carbonyl (C=O) groups is 1. The number of piperazine rings is 1. The summed E-state index contributed by atoms with van der Waals surface area (Å²) in [6.07, 6.45) is 1.00. The van der Waals surface area contributed by atoms with Crippen molar-refractivity contribution >= 4 is 5.91 Å². The van der Waals surface area contributed by atoms with Crippen molar-refractivity contribution in [2.24, 2.45) is 0 Å². The average molecular weight is 277 g/mol. The molecule has 20 heavy (non-hydrogen) atoms. The Labute approximate surface area is 120 Å². The number of ether oxygens (including phenoxy) is 1. The van der Waals surface area contributed by atoms with Gasteiger partial charge in [-0.1, -0.05) is 19.1 Å². The quantitative estimate of drug-likeness (QED) is 0.869. The highest BCUT2D eigenvalue weighted by Crippen LogP contribution is 2.12. The van der Waals surface area contributed by atoms with Crippen molar-refractivity contribution in [1.29, 1.82) is 0 Å². The normalized spacial score (nSPS) is 16.9. The molecule has 5 heteroatoms. The van der Waals surface area contributed by atoms with Gasteiger partial charge in [0.25, 0.3) is 5.91 Å². The van der Waals surface area contributed by atoms with Crippen molar-refractivity contribution in [3.8, 4) is 5.75 Å². The first-order valence-corrected chi connectivity index (χ1v) is 7.12. The van der Waals surface area contributed by atoms with Crippen LogP contribution in [0.4, 0.5) is 0 Å². The number of nitrogens with one attached hydrogen (secondary N) is 1. The van der Waals surface area contributed by atoms with Crippen LogP contribution in [-0.2, 0) is 11.2 Å². The molecule has 2 rings (SSSR count). The molecule has 0 unspecified atom stereocenters. The van der Waals surface area contributed by atoms with E-state index >= 15 is 0 Å². The Morgan fingerprint density at radius 2 is 1.85 bits per heavy atom. The molecule has 0 saturated carbocycles. The first-order valence-electron chi connectivity index (χ1n) is 7.12. The third-order valence-corrected chi connectivity index (χ3v) is 3.49. The summed E-state index contributed by atoms with van der Waals surface area (Å²) in [6.45, 7) is 5.82. The zero-order chi connectivity index (χ0) is 14.4. The molecule has 1 saturated heterocycles. The smallest absolute Gasteiger partial charge is 0.272 e. The minimum absolute atomic E-state index is 0.0534. The molecule has 1 amide bonds. The number of aryl methyl sites for hydroxylation is 1. The number of carbonyl (C=O) groups excluding carboxylic acids is 1. The van der Waals surface area contributed by atoms with Gasteiger partial charge in [-0.2, -0.15) is 0 Å². The fraction of sp³-hybridized carbons (Fsp3) is 0.533. The molecule has 0 atom stereocenters. The second-order valence-corrected chi connectivity index (χ2v) is 5.11. The fourth-order valence-electron chi connectivity index (χ4n) is 2.10. The Kier molecular flexibility index (Phi) is 5.38. The summed E-state index contributed by atoms with van der Waals surface area (Å²) in [7, 11) is 2.09. The average Bonchev–Trinajstić information content (AvgIpc) is 2.48. The van der Waals surface area contributed by atoms with E-state index in [4.69, 9.17) is 4.74 Å². The summed E-state index contributed by atoms with van der Waals surface area (Å²) in [5.74, 6) is 0.629. The second kappa shape index (κ2) is 7.26. The first-order chi connectivity index (χ1) is 9.67. The van der Waals surface area contributed by atoms with Crippen LogP contribution >= 0.6 is 0 Å². The Balaban J connectivity index is 1.71. The van der Waals surface area contributed by atoms with Crippen LogP contribution in [0.1, 0.15) is 12.5 Å². The number of rotatable bonds is 5. The van der Waals surface area contributed by atoms with Gasteiger partial charge in [0, 0.05) is 26.2 Å². The third kappa shape index (κ3) is 4.51. The molecule has 110 valence electrons. The molecule has 0 radical (unpaired) electrons. The zero-order valence-electron chi connectivity index (χ0n) is 12.3. The number of hydrazine groups is 1. The van der Waals surface area contributed by atoms with E-state index in [2.05, 4.69) is 24.3 Å². The Morgan fingerprint density at radius 3 is 2.45 bits per heavy atom. The summed E-state index contributed by atoms with van der Waals surface area (Å²) < 4.78 is 5.48. The molecule has 1 aromatic rings. The molecule has 5 nitrogen and oxygen atoms in total. The largest absolute Gasteiger partial charge is 0.484 e. The van der Waals surface area contributed by atoms with Crippen LogP contribution in [0.5, 0.6) is 5.75 Å². The lowest BCUT2D eigenvalue weighted by molar-refractivity contribution is -0.128. The number of hydrogen-bond donors (Lipinski definition) is 1. The summed E-state index contributed by atoms with van der Waals surface area (Å²) in [5.41, 5.74) is 4.14. The van der Waals surface area contributed by atoms with E-state index < -0.39 is 0 Å². The minimum atomic E-state index is -0.103. The molecular formula is C15H23N3O2. The van der Waals surface area contributed by atoms with E-state index in [0.29, 0.717) is 0 Å². The maximum Gasteiger partial charge on any atom is 0.272 e. The van der Waals surface area contributed by atoms with Crippen molar-refractivity contribution in [1.82, 2.24) is 15.3 Å². The lowest BCUT2D eigenvalue weighted by Crippen LogP contribution is -2.53. The third-order valence-electron chi connectivity index (χ3n) is 3.49. The molecule has 0 bridgehead atoms. The molecule has 1 N–H and O–H groups in total. The van der Waals surface area contributed by atoms with Crippen LogP contribution < -0.4 is 10.2 Å². The predicted molar refractivity (Wildman–Crippen MR) is 78.5 cm³/mol. The molecule has 0 aliphatic carbocycles. The minimum Gasteiger partial charge on any atom is -0.484 e. The zero-order valence-corrected chi connectivity index (χ0v) is 12.3. The number of likely N-dealkylation sites (N-methyl/N-ethyl adjacent to an activating group) is 1. The Hall–Kier alpha value is -1.59. The van der Waals surface area contributed by atoms with E-state index in [0.717, 1.165) is 38.3 Å². The predicted octanol–water partition coefficient (Wildman–Crippen LogP) is 0.906. The molecule has 0 spiro atoms. The van der Waals surface area contributed by atoms with Gasteiger partial charge in [-0.3, -0.25) is 10.2 Å². The molecule has 1 heterocycles. The van der Waals surface area contributed by atoms with Crippen molar-refractivity contribution in [3.63, 3.8) is 0 Å². The highest BCUT2D eigenvalue weighted by atomic mass is 16.5. The highest BCUT2D eigenvalue weighted by Gasteiger charge is 2.15. The molecule has 1 aromatic carbocycles. The Morgan fingerprint density at radius 1 is 1.20 bits per heavy atom. The van der Waals surface area contributed by atoms with Gasteiger partial charge < -0.3 is 9.64 Å². The second-order valence-electron chi connectivity index (χ2n) is 5.11. The van der Waals surface area contributed by atoms with Crippen molar-refractivity contribution < 1.29 is 9.53 Å². The van der Waals surface area contributed by atoms with E-state index in [1.54, 1.807) is 0 Å². The molecule has 1 fully saturated rings. The van der Waals surface area contributed by atoms with Crippen molar-refractivity contribution in [2.75, 3.05) is 39.8 Å². The van der Waals surface area contributed by atoms with Gasteiger partial charge in [-0.05, 0) is 31.2 Å². The van der Waals surface area contributed by atoms with E-state index in [-0.39, 0.29) is 12.5 Å². The lowest BCUT2D eigenvalue weighted by atomic mass is 10.2. The highest BCUT2D eigenvalue weighted by molar-refractivity contribution is 5.77. The van der Waals surface area contributed by atoms with Crippen LogP contribution in [0, 0.1) is 0 Å². The molecular weight excluding hydrogens is 254 g/mol. The van der Waals surface area contributed by atoms with Crippen LogP contribution in [-0.4, -0.2) is 55.6 Å². The number of amides is 1. The van der Waals surface area contributed by atoms with Gasteiger partial charge >= 0.3 is 0 Å². The van der Waals surface area contributed by atoms with E-state index in [1.807, 2.05) is 29.3 Å². The van der Waals surface area contributed by atoms with Crippen molar-refractivity contribution in [2.45, 2.75) is 13.3 Å². The van der Waals surface area contributed by atoms with Crippen LogP contribution in [0.15, 0.2) is 24.3 Å². The van der Waals surface area contributed by atoms with Gasteiger partial charge in [0.15, 0.2) is 6.61 Å². The van der Waals surface area contributed by atoms with Gasteiger partial charge in [-0.15, -0.1) is 0 Å². The van der Waals surface area contributed by atoms with Crippen LogP contribution in [0.25, 0.3) is 0 Å². The summed E-state index contributed by atoms with van der Waals surface area (Å²) in [4.78, 5) is 14.0. The monoisotopic (exact) mass is 277 g/mol. The Bertz CT molecular complexity index is 425. The molecule has 1 aliphatic rings.